The maximum Gasteiger partial charge on any atom is 0.303 e. The third-order valence-electron chi connectivity index (χ3n) is 11.7. The fraction of sp³-hybridized carbons (Fsp3) is 0.476. The minimum atomic E-state index is -0.943. The minimum Gasteiger partial charge on any atom is -0.481 e. The molecule has 2 amide bonds. The summed E-state index contributed by atoms with van der Waals surface area (Å²) in [6.45, 7) is 14.3. The molecule has 7 heterocycles. The van der Waals surface area contributed by atoms with Crippen LogP contribution in [0, 0.1) is 11.8 Å². The molecule has 0 radical (unpaired) electrons. The van der Waals surface area contributed by atoms with Crippen LogP contribution in [0.25, 0.3) is 10.4 Å². The van der Waals surface area contributed by atoms with Crippen molar-refractivity contribution in [1.82, 2.24) is 20.6 Å². The molecule has 17 heteroatoms. The highest BCUT2D eigenvalue weighted by molar-refractivity contribution is 6.45. The van der Waals surface area contributed by atoms with Gasteiger partial charge in [0.15, 0.2) is 0 Å². The lowest BCUT2D eigenvalue weighted by atomic mass is 9.83. The van der Waals surface area contributed by atoms with Crippen molar-refractivity contribution < 1.29 is 33.8 Å². The van der Waals surface area contributed by atoms with Crippen molar-refractivity contribution in [2.75, 3.05) is 65.8 Å². The van der Waals surface area contributed by atoms with Crippen LogP contribution in [-0.4, -0.2) is 116 Å². The summed E-state index contributed by atoms with van der Waals surface area (Å²) in [5, 5.41) is 16.9. The van der Waals surface area contributed by atoms with Crippen LogP contribution < -0.4 is 10.8 Å². The normalized spacial score (nSPS) is 23.7. The number of likely N-dealkylation sites (tertiary alicyclic amines) is 1. The second-order valence-electron chi connectivity index (χ2n) is 15.1. The summed E-state index contributed by atoms with van der Waals surface area (Å²) in [7, 11) is 0. The predicted molar refractivity (Wildman–Crippen MR) is 221 cm³/mol. The number of piperidine rings is 1. The van der Waals surface area contributed by atoms with Gasteiger partial charge in [-0.2, -0.15) is 0 Å². The topological polar surface area (TPSA) is 216 Å². The van der Waals surface area contributed by atoms with Gasteiger partial charge in [0, 0.05) is 79.1 Å². The minimum absolute atomic E-state index is 0.117. The summed E-state index contributed by atoms with van der Waals surface area (Å²) in [5.41, 5.74) is 21.3. The van der Waals surface area contributed by atoms with Crippen LogP contribution in [0.5, 0.6) is 0 Å². The number of hydroxylamine groups is 1. The number of morpholine rings is 1. The molecule has 3 saturated heterocycles. The summed E-state index contributed by atoms with van der Waals surface area (Å²) >= 11 is 0. The van der Waals surface area contributed by atoms with Crippen molar-refractivity contribution >= 4 is 34.9 Å². The van der Waals surface area contributed by atoms with Gasteiger partial charge in [0.2, 0.25) is 0 Å². The molecule has 0 saturated carbocycles. The third-order valence-corrected chi connectivity index (χ3v) is 11.7. The fourth-order valence-corrected chi connectivity index (χ4v) is 8.33. The monoisotopic (exact) mass is 806 g/mol. The molecule has 0 aromatic heterocycles. The number of carboxylic acid groups (broad SMARTS) is 1. The Balaban J connectivity index is 1.35. The van der Waals surface area contributed by atoms with Gasteiger partial charge in [0.05, 0.1) is 78.4 Å². The van der Waals surface area contributed by atoms with Crippen LogP contribution >= 0.6 is 0 Å². The molecule has 17 nitrogen and oxygen atoms in total. The van der Waals surface area contributed by atoms with Crippen LogP contribution in [0.3, 0.4) is 0 Å². The van der Waals surface area contributed by atoms with Crippen LogP contribution in [0.2, 0.25) is 0 Å². The lowest BCUT2D eigenvalue weighted by Crippen LogP contribution is -2.51. The van der Waals surface area contributed by atoms with Gasteiger partial charge in [0.1, 0.15) is 0 Å². The number of fused-ring (bicyclic) bond motifs is 5. The second-order valence-corrected chi connectivity index (χ2v) is 15.1. The highest BCUT2D eigenvalue weighted by Gasteiger charge is 2.47. The molecular weight excluding hydrogens is 757 g/mol. The molecule has 0 spiro atoms. The summed E-state index contributed by atoms with van der Waals surface area (Å²) in [6.07, 6.45) is 8.37. The summed E-state index contributed by atoms with van der Waals surface area (Å²) in [6, 6.07) is 0. The molecule has 0 aromatic carbocycles. The Hall–Kier alpha value is -5.71. The number of ether oxygens (including phenoxy) is 2. The zero-order valence-electron chi connectivity index (χ0n) is 34.1. The molecule has 7 rings (SSSR count). The summed E-state index contributed by atoms with van der Waals surface area (Å²) in [4.78, 5) is 68.4. The van der Waals surface area contributed by atoms with Gasteiger partial charge >= 0.3 is 5.97 Å². The zero-order chi connectivity index (χ0) is 41.8. The van der Waals surface area contributed by atoms with E-state index >= 15 is 0 Å². The Labute approximate surface area is 342 Å². The molecule has 7 aliphatic heterocycles. The molecule has 0 aromatic rings. The Kier molecular flexibility index (Phi) is 12.7. The van der Waals surface area contributed by atoms with E-state index in [1.165, 1.54) is 4.90 Å². The number of amides is 2. The smallest absolute Gasteiger partial charge is 0.303 e. The first-order valence-corrected chi connectivity index (χ1v) is 20.1. The fourth-order valence-electron chi connectivity index (χ4n) is 8.33. The summed E-state index contributed by atoms with van der Waals surface area (Å²) < 4.78 is 11.0. The van der Waals surface area contributed by atoms with Gasteiger partial charge in [0.25, 0.3) is 11.8 Å². The number of hydrogen-bond acceptors (Lipinski definition) is 13. The van der Waals surface area contributed by atoms with Gasteiger partial charge < -0.3 is 19.9 Å². The molecule has 3 N–H and O–H groups in total. The van der Waals surface area contributed by atoms with Gasteiger partial charge in [-0.3, -0.25) is 34.5 Å². The van der Waals surface area contributed by atoms with Crippen molar-refractivity contribution in [3.63, 3.8) is 0 Å². The van der Waals surface area contributed by atoms with Crippen molar-refractivity contribution in [3.8, 4) is 0 Å². The molecule has 0 aliphatic carbocycles. The molecule has 7 aliphatic rings. The maximum absolute atomic E-state index is 14.8. The molecular formula is C42H50N10O7. The first-order chi connectivity index (χ1) is 28.5. The van der Waals surface area contributed by atoms with Gasteiger partial charge in [-0.05, 0) is 79.7 Å². The molecule has 3 fully saturated rings. The van der Waals surface area contributed by atoms with Crippen LogP contribution in [0.1, 0.15) is 53.9 Å². The number of azide groups is 1. The molecule has 310 valence electrons. The van der Waals surface area contributed by atoms with Crippen molar-refractivity contribution in [2.24, 2.45) is 31.9 Å². The number of hydrogen-bond donors (Lipinski definition) is 3. The van der Waals surface area contributed by atoms with E-state index in [0.717, 1.165) is 33.7 Å². The van der Waals surface area contributed by atoms with E-state index in [2.05, 4.69) is 32.6 Å². The van der Waals surface area contributed by atoms with Crippen molar-refractivity contribution in [1.29, 1.82) is 0 Å². The van der Waals surface area contributed by atoms with E-state index in [1.807, 2.05) is 45.9 Å². The van der Waals surface area contributed by atoms with E-state index in [4.69, 9.17) is 34.8 Å². The number of carbonyl (C=O) groups excluding carboxylic acids is 2. The van der Waals surface area contributed by atoms with Crippen molar-refractivity contribution in [2.45, 2.75) is 53.9 Å². The second kappa shape index (κ2) is 18.1. The van der Waals surface area contributed by atoms with E-state index in [9.17, 15) is 19.5 Å². The number of nitrogens with zero attached hydrogens (tertiary/aromatic N) is 8. The number of rotatable bonds is 15. The highest BCUT2D eigenvalue weighted by atomic mass is 16.7. The average molecular weight is 807 g/mol. The third kappa shape index (κ3) is 8.42. The molecule has 8 bridgehead atoms. The number of allylic oxidation sites excluding steroid dienone is 10. The first-order valence-electron chi connectivity index (χ1n) is 20.1. The Morgan fingerprint density at radius 3 is 2.51 bits per heavy atom. The van der Waals surface area contributed by atoms with E-state index in [1.54, 1.807) is 6.20 Å². The Morgan fingerprint density at radius 1 is 1.02 bits per heavy atom. The molecule has 2 atom stereocenters. The predicted octanol–water partition coefficient (Wildman–Crippen LogP) is 4.74. The van der Waals surface area contributed by atoms with Crippen LogP contribution in [0.15, 0.2) is 112 Å². The zero-order valence-corrected chi connectivity index (χ0v) is 34.1. The average Bonchev–Trinajstić information content (AvgIpc) is 3.90. The number of nitrogens with one attached hydrogen (secondary N) is 2. The van der Waals surface area contributed by atoms with E-state index < -0.39 is 23.7 Å². The number of aliphatic carboxylic acids is 1. The number of carbonyl (C=O) groups is 3. The number of imide groups is 1. The lowest BCUT2D eigenvalue weighted by molar-refractivity contribution is -0.140. The molecule has 0 unspecified atom stereocenters. The van der Waals surface area contributed by atoms with Gasteiger partial charge in [-0.1, -0.05) is 19.0 Å². The first kappa shape index (κ1) is 41.4. The number of aliphatic imine (C=N–C) groups is 3. The van der Waals surface area contributed by atoms with E-state index in [-0.39, 0.29) is 50.6 Å². The Bertz CT molecular complexity index is 2240. The van der Waals surface area contributed by atoms with Gasteiger partial charge in [-0.15, -0.1) is 0 Å². The van der Waals surface area contributed by atoms with Gasteiger partial charge in [-0.25, -0.2) is 15.0 Å². The highest BCUT2D eigenvalue weighted by Crippen LogP contribution is 2.44. The summed E-state index contributed by atoms with van der Waals surface area (Å²) in [5.74, 6) is -2.44. The SMILES string of the molecule is CCC1=C(C)C2=CC3=NC(=C(C)C3=CNOCCOCCN=[N+]=[N-])C=C3NC(=C4C(=O)N(CCN5CCOCC5)C(=O)C5=C(C)C(=CC1=N2)N=C54)[C@@H](CCC(=O)O)[C@@H]3C. The van der Waals surface area contributed by atoms with Crippen LogP contribution in [0.4, 0.5) is 0 Å². The largest absolute Gasteiger partial charge is 0.481 e. The van der Waals surface area contributed by atoms with E-state index in [0.29, 0.717) is 91.2 Å². The lowest BCUT2D eigenvalue weighted by Gasteiger charge is -2.33. The number of carboxylic acids is 1. The quantitative estimate of drug-likeness (QED) is 0.0516. The maximum atomic E-state index is 14.8. The Morgan fingerprint density at radius 2 is 1.76 bits per heavy atom. The van der Waals surface area contributed by atoms with Crippen LogP contribution in [-0.2, 0) is 28.7 Å². The standard InChI is InChI=1S/C42H50N10O7/c1-6-27-23(2)31-20-35-29(22-45-59-18-17-57-14-9-44-50-43)25(4)30(47-35)19-32-24(3)28(7-8-36(53)54)39(48-32)38-40-37(26(5)33(49-40)21-34(27)46-31)41(55)52(42(38)56)11-10-51-12-15-58-16-13-51/h19-22,24,28,45,48H,6-18H2,1-5H3,(H,53,54)/t24-,28-/m0/s1. The molecule has 59 heavy (non-hydrogen) atoms. The van der Waals surface area contributed by atoms with Crippen molar-refractivity contribution in [3.05, 3.63) is 102 Å².